The molecule has 2 atom stereocenters. The van der Waals surface area contributed by atoms with Gasteiger partial charge in [-0.1, -0.05) is 30.3 Å². The van der Waals surface area contributed by atoms with E-state index in [1.54, 1.807) is 0 Å². The Hall–Kier alpha value is -1.86. The van der Waals surface area contributed by atoms with Gasteiger partial charge in [0.15, 0.2) is 0 Å². The fourth-order valence-corrected chi connectivity index (χ4v) is 1.44. The van der Waals surface area contributed by atoms with Crippen LogP contribution in [0.25, 0.3) is 0 Å². The molecule has 1 aromatic carbocycles. The fraction of sp³-hybridized carbons (Fsp3) is 0.385. The van der Waals surface area contributed by atoms with Gasteiger partial charge in [0.05, 0.1) is 18.7 Å². The molecule has 0 heterocycles. The van der Waals surface area contributed by atoms with E-state index in [1.807, 2.05) is 36.4 Å². The molecule has 1 aromatic rings. The quantitative estimate of drug-likeness (QED) is 0.791. The molecular weight excluding hydrogens is 216 g/mol. The standard InChI is InChI=1S/C13H16N2O2/c1-10(8-14)13(17)15-12(9-16)7-11-5-3-2-4-6-11/h2-6,10,12,16H,7,9H2,1H3,(H,15,17). The van der Waals surface area contributed by atoms with Crippen molar-refractivity contribution < 1.29 is 9.90 Å². The maximum Gasteiger partial charge on any atom is 0.237 e. The minimum atomic E-state index is -0.695. The van der Waals surface area contributed by atoms with Gasteiger partial charge in [-0.05, 0) is 18.9 Å². The lowest BCUT2D eigenvalue weighted by atomic mass is 10.1. The number of amides is 1. The third-order valence-electron chi connectivity index (χ3n) is 2.48. The van der Waals surface area contributed by atoms with Crippen LogP contribution in [-0.4, -0.2) is 23.7 Å². The average molecular weight is 232 g/mol. The number of aliphatic hydroxyl groups is 1. The van der Waals surface area contributed by atoms with Crippen LogP contribution in [0.5, 0.6) is 0 Å². The smallest absolute Gasteiger partial charge is 0.237 e. The van der Waals surface area contributed by atoms with Crippen LogP contribution in [0.1, 0.15) is 12.5 Å². The highest BCUT2D eigenvalue weighted by atomic mass is 16.3. The van der Waals surface area contributed by atoms with Gasteiger partial charge in [-0.3, -0.25) is 4.79 Å². The molecule has 0 saturated heterocycles. The number of rotatable bonds is 5. The van der Waals surface area contributed by atoms with Crippen LogP contribution in [0.3, 0.4) is 0 Å². The molecule has 0 fully saturated rings. The Labute approximate surface area is 101 Å². The van der Waals surface area contributed by atoms with E-state index in [-0.39, 0.29) is 18.6 Å². The van der Waals surface area contributed by atoms with Gasteiger partial charge in [0.25, 0.3) is 0 Å². The summed E-state index contributed by atoms with van der Waals surface area (Å²) in [5.74, 6) is -1.04. The number of carbonyl (C=O) groups is 1. The van der Waals surface area contributed by atoms with E-state index in [4.69, 9.17) is 5.26 Å². The molecule has 0 radical (unpaired) electrons. The molecule has 0 saturated carbocycles. The van der Waals surface area contributed by atoms with Gasteiger partial charge < -0.3 is 10.4 Å². The van der Waals surface area contributed by atoms with Crippen molar-refractivity contribution >= 4 is 5.91 Å². The predicted molar refractivity (Wildman–Crippen MR) is 63.9 cm³/mol. The molecule has 0 aromatic heterocycles. The number of carbonyl (C=O) groups excluding carboxylic acids is 1. The van der Waals surface area contributed by atoms with Crippen molar-refractivity contribution in [2.75, 3.05) is 6.61 Å². The predicted octanol–water partition coefficient (Wildman–Crippen LogP) is 0.866. The SMILES string of the molecule is CC(C#N)C(=O)NC(CO)Cc1ccccc1. The molecule has 1 amide bonds. The number of nitrogens with zero attached hydrogens (tertiary/aromatic N) is 1. The maximum absolute atomic E-state index is 11.5. The van der Waals surface area contributed by atoms with Crippen LogP contribution in [-0.2, 0) is 11.2 Å². The Kier molecular flexibility index (Phi) is 5.18. The van der Waals surface area contributed by atoms with Gasteiger partial charge in [-0.15, -0.1) is 0 Å². The molecule has 0 aliphatic heterocycles. The van der Waals surface area contributed by atoms with Gasteiger partial charge in [0.2, 0.25) is 5.91 Å². The lowest BCUT2D eigenvalue weighted by molar-refractivity contribution is -0.123. The van der Waals surface area contributed by atoms with Gasteiger partial charge in [-0.25, -0.2) is 0 Å². The second kappa shape index (κ2) is 6.66. The number of hydrogen-bond acceptors (Lipinski definition) is 3. The monoisotopic (exact) mass is 232 g/mol. The van der Waals surface area contributed by atoms with Gasteiger partial charge in [-0.2, -0.15) is 5.26 Å². The van der Waals surface area contributed by atoms with Crippen molar-refractivity contribution in [1.82, 2.24) is 5.32 Å². The molecule has 0 aliphatic carbocycles. The molecule has 0 bridgehead atoms. The molecule has 17 heavy (non-hydrogen) atoms. The second-order valence-electron chi connectivity index (χ2n) is 3.93. The summed E-state index contributed by atoms with van der Waals surface area (Å²) in [5, 5.41) is 20.5. The molecule has 4 nitrogen and oxygen atoms in total. The van der Waals surface area contributed by atoms with Crippen LogP contribution < -0.4 is 5.32 Å². The lowest BCUT2D eigenvalue weighted by Gasteiger charge is -2.17. The minimum Gasteiger partial charge on any atom is -0.394 e. The van der Waals surface area contributed by atoms with Crippen LogP contribution in [0.2, 0.25) is 0 Å². The van der Waals surface area contributed by atoms with E-state index < -0.39 is 5.92 Å². The maximum atomic E-state index is 11.5. The molecule has 0 aliphatic rings. The Morgan fingerprint density at radius 2 is 2.12 bits per heavy atom. The first-order chi connectivity index (χ1) is 8.17. The van der Waals surface area contributed by atoms with Crippen molar-refractivity contribution in [3.05, 3.63) is 35.9 Å². The summed E-state index contributed by atoms with van der Waals surface area (Å²) in [6.07, 6.45) is 0.557. The molecular formula is C13H16N2O2. The van der Waals surface area contributed by atoms with E-state index in [0.717, 1.165) is 5.56 Å². The highest BCUT2D eigenvalue weighted by molar-refractivity contribution is 5.80. The molecule has 2 unspecified atom stereocenters. The third kappa shape index (κ3) is 4.25. The van der Waals surface area contributed by atoms with Crippen molar-refractivity contribution in [3.63, 3.8) is 0 Å². The van der Waals surface area contributed by atoms with Gasteiger partial charge in [0.1, 0.15) is 5.92 Å². The third-order valence-corrected chi connectivity index (χ3v) is 2.48. The Morgan fingerprint density at radius 1 is 1.47 bits per heavy atom. The average Bonchev–Trinajstić information content (AvgIpc) is 2.38. The van der Waals surface area contributed by atoms with Crippen LogP contribution in [0.15, 0.2) is 30.3 Å². The first kappa shape index (κ1) is 13.2. The van der Waals surface area contributed by atoms with E-state index in [2.05, 4.69) is 5.32 Å². The van der Waals surface area contributed by atoms with Crippen molar-refractivity contribution in [2.24, 2.45) is 5.92 Å². The lowest BCUT2D eigenvalue weighted by Crippen LogP contribution is -2.41. The van der Waals surface area contributed by atoms with Crippen LogP contribution in [0, 0.1) is 17.2 Å². The molecule has 2 N–H and O–H groups in total. The first-order valence-electron chi connectivity index (χ1n) is 5.52. The topological polar surface area (TPSA) is 73.1 Å². The Bertz CT molecular complexity index is 398. The van der Waals surface area contributed by atoms with Crippen molar-refractivity contribution in [1.29, 1.82) is 5.26 Å². The molecule has 4 heteroatoms. The van der Waals surface area contributed by atoms with Gasteiger partial charge in [0, 0.05) is 0 Å². The molecule has 0 spiro atoms. The highest BCUT2D eigenvalue weighted by Gasteiger charge is 2.16. The van der Waals surface area contributed by atoms with E-state index in [0.29, 0.717) is 6.42 Å². The zero-order valence-electron chi connectivity index (χ0n) is 9.76. The first-order valence-corrected chi connectivity index (χ1v) is 5.52. The van der Waals surface area contributed by atoms with Crippen molar-refractivity contribution in [3.8, 4) is 6.07 Å². The van der Waals surface area contributed by atoms with Crippen LogP contribution >= 0.6 is 0 Å². The summed E-state index contributed by atoms with van der Waals surface area (Å²) in [7, 11) is 0. The van der Waals surface area contributed by atoms with Gasteiger partial charge >= 0.3 is 0 Å². The normalized spacial score (nSPS) is 13.5. The zero-order chi connectivity index (χ0) is 12.7. The largest absolute Gasteiger partial charge is 0.394 e. The number of nitriles is 1. The summed E-state index contributed by atoms with van der Waals surface area (Å²) >= 11 is 0. The number of hydrogen-bond donors (Lipinski definition) is 2. The van der Waals surface area contributed by atoms with Crippen LogP contribution in [0.4, 0.5) is 0 Å². The number of nitrogens with one attached hydrogen (secondary N) is 1. The summed E-state index contributed by atoms with van der Waals surface area (Å²) < 4.78 is 0. The zero-order valence-corrected chi connectivity index (χ0v) is 9.76. The molecule has 90 valence electrons. The Balaban J connectivity index is 2.56. The second-order valence-corrected chi connectivity index (χ2v) is 3.93. The summed E-state index contributed by atoms with van der Waals surface area (Å²) in [6.45, 7) is 1.39. The summed E-state index contributed by atoms with van der Waals surface area (Å²) in [4.78, 5) is 11.5. The van der Waals surface area contributed by atoms with E-state index in [9.17, 15) is 9.90 Å². The number of aliphatic hydroxyl groups excluding tert-OH is 1. The summed E-state index contributed by atoms with van der Waals surface area (Å²) in [6, 6.07) is 11.1. The summed E-state index contributed by atoms with van der Waals surface area (Å²) in [5.41, 5.74) is 1.04. The fourth-order valence-electron chi connectivity index (χ4n) is 1.44. The number of benzene rings is 1. The highest BCUT2D eigenvalue weighted by Crippen LogP contribution is 2.03. The van der Waals surface area contributed by atoms with Crippen molar-refractivity contribution in [2.45, 2.75) is 19.4 Å². The Morgan fingerprint density at radius 3 is 2.65 bits per heavy atom. The molecule has 1 rings (SSSR count). The van der Waals surface area contributed by atoms with E-state index in [1.165, 1.54) is 6.92 Å². The van der Waals surface area contributed by atoms with E-state index >= 15 is 0 Å². The minimum absolute atomic E-state index is 0.140.